The highest BCUT2D eigenvalue weighted by atomic mass is 16.6. The Labute approximate surface area is 197 Å². The number of methoxy groups -OCH3 is 1. The van der Waals surface area contributed by atoms with Crippen LogP contribution in [0.2, 0.25) is 0 Å². The quantitative estimate of drug-likeness (QED) is 0.548. The summed E-state index contributed by atoms with van der Waals surface area (Å²) in [6, 6.07) is 7.07. The first-order valence-corrected chi connectivity index (χ1v) is 11.3. The molecular formula is C24H27N5O5. The number of pyridine rings is 1. The number of aliphatic hydroxyl groups excluding tert-OH is 1. The number of benzene rings is 1. The van der Waals surface area contributed by atoms with E-state index in [0.717, 1.165) is 37.4 Å². The number of hydrogen-bond donors (Lipinski definition) is 3. The van der Waals surface area contributed by atoms with Crippen LogP contribution < -0.4 is 15.5 Å². The average molecular weight is 466 g/mol. The van der Waals surface area contributed by atoms with Crippen LogP contribution in [-0.2, 0) is 20.8 Å². The largest absolute Gasteiger partial charge is 0.465 e. The zero-order valence-electron chi connectivity index (χ0n) is 18.9. The van der Waals surface area contributed by atoms with Gasteiger partial charge in [-0.3, -0.25) is 19.5 Å². The molecule has 4 heterocycles. The third-order valence-electron chi connectivity index (χ3n) is 6.32. The fourth-order valence-corrected chi connectivity index (χ4v) is 4.50. The molecule has 1 fully saturated rings. The van der Waals surface area contributed by atoms with Gasteiger partial charge in [-0.1, -0.05) is 12.1 Å². The number of carbonyl (C=O) groups excluding carboxylic acids is 2. The molecule has 3 aliphatic rings. The van der Waals surface area contributed by atoms with E-state index in [1.807, 2.05) is 6.07 Å². The van der Waals surface area contributed by atoms with Gasteiger partial charge in [0.25, 0.3) is 11.8 Å². The lowest BCUT2D eigenvalue weighted by Crippen LogP contribution is -2.43. The van der Waals surface area contributed by atoms with Gasteiger partial charge < -0.3 is 30.1 Å². The molecule has 5 rings (SSSR count). The minimum atomic E-state index is -1.09. The topological polar surface area (TPSA) is 116 Å². The molecule has 1 aromatic carbocycles. The molecule has 2 atom stereocenters. The lowest BCUT2D eigenvalue weighted by atomic mass is 10.1. The number of piperazine rings is 1. The van der Waals surface area contributed by atoms with E-state index < -0.39 is 12.5 Å². The van der Waals surface area contributed by atoms with Gasteiger partial charge in [-0.25, -0.2) is 0 Å². The summed E-state index contributed by atoms with van der Waals surface area (Å²) in [5.41, 5.74) is 3.40. The molecule has 2 amide bonds. The summed E-state index contributed by atoms with van der Waals surface area (Å²) < 4.78 is 10.8. The van der Waals surface area contributed by atoms with E-state index in [1.54, 1.807) is 41.6 Å². The van der Waals surface area contributed by atoms with Crippen LogP contribution in [0.1, 0.15) is 34.2 Å². The highest BCUT2D eigenvalue weighted by Crippen LogP contribution is 2.32. The van der Waals surface area contributed by atoms with Crippen LogP contribution in [0, 0.1) is 0 Å². The zero-order valence-corrected chi connectivity index (χ0v) is 18.9. The van der Waals surface area contributed by atoms with Crippen LogP contribution in [0.3, 0.4) is 0 Å². The molecular weight excluding hydrogens is 438 g/mol. The lowest BCUT2D eigenvalue weighted by Gasteiger charge is -2.30. The molecule has 0 bridgehead atoms. The van der Waals surface area contributed by atoms with Crippen molar-refractivity contribution >= 4 is 23.2 Å². The van der Waals surface area contributed by atoms with Gasteiger partial charge in [-0.05, 0) is 23.8 Å². The minimum absolute atomic E-state index is 0.180. The number of aliphatic hydroxyl groups is 1. The van der Waals surface area contributed by atoms with Crippen molar-refractivity contribution in [3.05, 3.63) is 65.2 Å². The van der Waals surface area contributed by atoms with Gasteiger partial charge in [0.1, 0.15) is 0 Å². The highest BCUT2D eigenvalue weighted by molar-refractivity contribution is 6.04. The number of amides is 2. The van der Waals surface area contributed by atoms with E-state index in [0.29, 0.717) is 29.8 Å². The van der Waals surface area contributed by atoms with E-state index in [-0.39, 0.29) is 17.6 Å². The van der Waals surface area contributed by atoms with E-state index in [4.69, 9.17) is 9.47 Å². The van der Waals surface area contributed by atoms with Gasteiger partial charge in [0.15, 0.2) is 18.3 Å². The van der Waals surface area contributed by atoms with Crippen molar-refractivity contribution in [2.75, 3.05) is 43.5 Å². The highest BCUT2D eigenvalue weighted by Gasteiger charge is 2.37. The van der Waals surface area contributed by atoms with Crippen LogP contribution in [0.5, 0.6) is 0 Å². The summed E-state index contributed by atoms with van der Waals surface area (Å²) in [6.07, 6.45) is 3.80. The Kier molecular flexibility index (Phi) is 6.18. The molecule has 0 spiro atoms. The van der Waals surface area contributed by atoms with Crippen molar-refractivity contribution in [2.24, 2.45) is 0 Å². The van der Waals surface area contributed by atoms with E-state index in [2.05, 4.69) is 20.5 Å². The van der Waals surface area contributed by atoms with Crippen molar-refractivity contribution in [3.8, 4) is 0 Å². The molecule has 0 aliphatic carbocycles. The summed E-state index contributed by atoms with van der Waals surface area (Å²) in [5, 5.41) is 16.1. The van der Waals surface area contributed by atoms with E-state index in [1.165, 1.54) is 7.11 Å². The number of aromatic nitrogens is 1. The molecule has 3 N–H and O–H groups in total. The fraction of sp³-hybridized carbons (Fsp3) is 0.375. The van der Waals surface area contributed by atoms with Crippen molar-refractivity contribution in [1.29, 1.82) is 0 Å². The maximum atomic E-state index is 13.0. The minimum Gasteiger partial charge on any atom is -0.465 e. The first kappa shape index (κ1) is 22.3. The number of ether oxygens (including phenoxy) is 2. The van der Waals surface area contributed by atoms with Gasteiger partial charge >= 0.3 is 0 Å². The molecule has 0 saturated carbocycles. The predicted octanol–water partition coefficient (Wildman–Crippen LogP) is 1.35. The molecule has 1 aromatic heterocycles. The van der Waals surface area contributed by atoms with Gasteiger partial charge in [0.2, 0.25) is 0 Å². The Morgan fingerprint density at radius 1 is 1.32 bits per heavy atom. The molecule has 178 valence electrons. The molecule has 10 nitrogen and oxygen atoms in total. The normalized spacial score (nSPS) is 20.6. The summed E-state index contributed by atoms with van der Waals surface area (Å²) in [4.78, 5) is 33.9. The number of carbonyl (C=O) groups is 2. The second-order valence-electron chi connectivity index (χ2n) is 8.40. The Morgan fingerprint density at radius 2 is 2.15 bits per heavy atom. The maximum Gasteiger partial charge on any atom is 0.290 e. The number of hydrogen-bond acceptors (Lipinski definition) is 8. The summed E-state index contributed by atoms with van der Waals surface area (Å²) in [7, 11) is 1.40. The lowest BCUT2D eigenvalue weighted by molar-refractivity contribution is -0.117. The maximum absolute atomic E-state index is 13.0. The fourth-order valence-electron chi connectivity index (χ4n) is 4.50. The second-order valence-corrected chi connectivity index (χ2v) is 8.40. The number of fused-ring (bicyclic) bond motifs is 1. The monoisotopic (exact) mass is 465 g/mol. The van der Waals surface area contributed by atoms with Crippen molar-refractivity contribution in [1.82, 2.24) is 15.2 Å². The van der Waals surface area contributed by atoms with Crippen LogP contribution in [0.15, 0.2) is 48.5 Å². The Balaban J connectivity index is 1.24. The first-order valence-electron chi connectivity index (χ1n) is 11.3. The molecule has 2 aromatic rings. The average Bonchev–Trinajstić information content (AvgIpc) is 3.49. The molecule has 3 aliphatic heterocycles. The molecule has 34 heavy (non-hydrogen) atoms. The Morgan fingerprint density at radius 3 is 2.94 bits per heavy atom. The Hall–Kier alpha value is -3.47. The second kappa shape index (κ2) is 9.41. The molecule has 10 heteroatoms. The molecule has 1 saturated heterocycles. The van der Waals surface area contributed by atoms with Crippen LogP contribution in [0.25, 0.3) is 0 Å². The van der Waals surface area contributed by atoms with Crippen molar-refractivity contribution in [2.45, 2.75) is 25.5 Å². The smallest absolute Gasteiger partial charge is 0.290 e. The third kappa shape index (κ3) is 4.23. The van der Waals surface area contributed by atoms with Gasteiger partial charge in [0, 0.05) is 57.0 Å². The first-order chi connectivity index (χ1) is 16.5. The van der Waals surface area contributed by atoms with Gasteiger partial charge in [-0.15, -0.1) is 0 Å². The third-order valence-corrected chi connectivity index (χ3v) is 6.32. The summed E-state index contributed by atoms with van der Waals surface area (Å²) in [6.45, 7) is 3.82. The predicted molar refractivity (Wildman–Crippen MR) is 124 cm³/mol. The Bertz CT molecular complexity index is 1130. The molecule has 0 radical (unpaired) electrons. The standard InChI is InChI=1S/C24H27N5O5/c1-33-24(32)15-2-3-16-14-29(23(31)17(16)12-15)21-5-4-20(34-21)22(30)27-18-13-26-7-6-19(18)28-10-8-25-9-11-28/h2-4,6-7,12-13,21,24-25,32H,5,8-11,14H2,1H3,(H,27,30). The summed E-state index contributed by atoms with van der Waals surface area (Å²) >= 11 is 0. The number of rotatable bonds is 6. The SMILES string of the molecule is COC(O)c1ccc2c(c1)C(=O)N(C1CC=C(C(=O)Nc3cnccc3N3CCNCC3)O1)C2. The van der Waals surface area contributed by atoms with Crippen molar-refractivity contribution < 1.29 is 24.2 Å². The van der Waals surface area contributed by atoms with Crippen LogP contribution in [0.4, 0.5) is 11.4 Å². The number of nitrogens with zero attached hydrogens (tertiary/aromatic N) is 3. The number of anilines is 2. The zero-order chi connectivity index (χ0) is 23.7. The molecule has 2 unspecified atom stereocenters. The number of nitrogens with one attached hydrogen (secondary N) is 2. The van der Waals surface area contributed by atoms with Gasteiger partial charge in [0.05, 0.1) is 24.1 Å². The van der Waals surface area contributed by atoms with Crippen LogP contribution in [-0.4, -0.2) is 66.3 Å². The van der Waals surface area contributed by atoms with Crippen molar-refractivity contribution in [3.63, 3.8) is 0 Å². The van der Waals surface area contributed by atoms with Gasteiger partial charge in [-0.2, -0.15) is 0 Å². The van der Waals surface area contributed by atoms with Crippen LogP contribution >= 0.6 is 0 Å². The summed E-state index contributed by atoms with van der Waals surface area (Å²) in [5.74, 6) is -0.394. The van der Waals surface area contributed by atoms with E-state index >= 15 is 0 Å². The van der Waals surface area contributed by atoms with E-state index in [9.17, 15) is 14.7 Å².